The van der Waals surface area contributed by atoms with E-state index in [-0.39, 0.29) is 12.1 Å². The molecular formula is C20H38O3. The lowest BCUT2D eigenvalue weighted by Gasteiger charge is -2.15. The van der Waals surface area contributed by atoms with Gasteiger partial charge in [0, 0.05) is 20.0 Å². The molecule has 0 saturated heterocycles. The SMILES string of the molecule is CCCCCC[C@@H](C/C=C\CCCCCCCCO)OC(C)=O. The molecule has 0 amide bonds. The Balaban J connectivity index is 3.67. The Labute approximate surface area is 143 Å². The first-order valence-electron chi connectivity index (χ1n) is 9.63. The smallest absolute Gasteiger partial charge is 0.302 e. The lowest BCUT2D eigenvalue weighted by atomic mass is 10.1. The Morgan fingerprint density at radius 2 is 1.61 bits per heavy atom. The van der Waals surface area contributed by atoms with Gasteiger partial charge in [-0.2, -0.15) is 0 Å². The van der Waals surface area contributed by atoms with Gasteiger partial charge in [-0.15, -0.1) is 0 Å². The molecule has 23 heavy (non-hydrogen) atoms. The highest BCUT2D eigenvalue weighted by molar-refractivity contribution is 5.66. The summed E-state index contributed by atoms with van der Waals surface area (Å²) in [5.41, 5.74) is 0. The maximum Gasteiger partial charge on any atom is 0.302 e. The van der Waals surface area contributed by atoms with E-state index < -0.39 is 0 Å². The molecule has 1 N–H and O–H groups in total. The molecule has 0 spiro atoms. The standard InChI is InChI=1S/C20H38O3/c1-3-4-5-13-16-20(23-19(2)22)17-14-11-9-7-6-8-10-12-15-18-21/h11,14,20-21H,3-10,12-13,15-18H2,1-2H3/b14-11-/t20-/m0/s1. The zero-order valence-electron chi connectivity index (χ0n) is 15.4. The number of carbonyl (C=O) groups is 1. The van der Waals surface area contributed by atoms with Crippen molar-refractivity contribution >= 4 is 5.97 Å². The number of aliphatic hydroxyl groups is 1. The van der Waals surface area contributed by atoms with E-state index in [9.17, 15) is 4.79 Å². The monoisotopic (exact) mass is 326 g/mol. The molecule has 0 unspecified atom stereocenters. The van der Waals surface area contributed by atoms with E-state index in [1.165, 1.54) is 51.9 Å². The number of hydrogen-bond donors (Lipinski definition) is 1. The normalized spacial score (nSPS) is 12.7. The van der Waals surface area contributed by atoms with Crippen molar-refractivity contribution in [1.82, 2.24) is 0 Å². The molecule has 0 aromatic carbocycles. The quantitative estimate of drug-likeness (QED) is 0.229. The number of esters is 1. The van der Waals surface area contributed by atoms with Gasteiger partial charge in [0.25, 0.3) is 0 Å². The molecule has 136 valence electrons. The minimum atomic E-state index is -0.165. The van der Waals surface area contributed by atoms with Crippen LogP contribution in [0.3, 0.4) is 0 Å². The fourth-order valence-electron chi connectivity index (χ4n) is 2.71. The van der Waals surface area contributed by atoms with Crippen LogP contribution in [-0.4, -0.2) is 23.8 Å². The van der Waals surface area contributed by atoms with Gasteiger partial charge >= 0.3 is 5.97 Å². The van der Waals surface area contributed by atoms with Crippen molar-refractivity contribution in [3.63, 3.8) is 0 Å². The van der Waals surface area contributed by atoms with Crippen molar-refractivity contribution in [1.29, 1.82) is 0 Å². The van der Waals surface area contributed by atoms with E-state index in [2.05, 4.69) is 19.1 Å². The third-order valence-corrected chi connectivity index (χ3v) is 4.06. The predicted octanol–water partition coefficient (Wildman–Crippen LogP) is 5.56. The van der Waals surface area contributed by atoms with Crippen LogP contribution in [-0.2, 0) is 9.53 Å². The number of rotatable bonds is 16. The number of carbonyl (C=O) groups excluding carboxylic acids is 1. The molecule has 0 fully saturated rings. The molecule has 0 aromatic rings. The van der Waals surface area contributed by atoms with Crippen LogP contribution in [0.1, 0.15) is 97.3 Å². The highest BCUT2D eigenvalue weighted by atomic mass is 16.5. The summed E-state index contributed by atoms with van der Waals surface area (Å²) in [5.74, 6) is -0.165. The lowest BCUT2D eigenvalue weighted by Crippen LogP contribution is -2.15. The Morgan fingerprint density at radius 1 is 0.957 bits per heavy atom. The first-order valence-corrected chi connectivity index (χ1v) is 9.63. The molecule has 0 radical (unpaired) electrons. The van der Waals surface area contributed by atoms with Gasteiger partial charge in [-0.3, -0.25) is 4.79 Å². The Bertz CT molecular complexity index is 287. The van der Waals surface area contributed by atoms with Gasteiger partial charge in [0.1, 0.15) is 6.10 Å². The second-order valence-corrected chi connectivity index (χ2v) is 6.42. The summed E-state index contributed by atoms with van der Waals surface area (Å²) in [5, 5.41) is 8.71. The number of hydrogen-bond acceptors (Lipinski definition) is 3. The summed E-state index contributed by atoms with van der Waals surface area (Å²) < 4.78 is 5.40. The van der Waals surface area contributed by atoms with Crippen LogP contribution in [0.25, 0.3) is 0 Å². The zero-order valence-corrected chi connectivity index (χ0v) is 15.4. The third-order valence-electron chi connectivity index (χ3n) is 4.06. The summed E-state index contributed by atoms with van der Waals surface area (Å²) >= 11 is 0. The molecular weight excluding hydrogens is 288 g/mol. The summed E-state index contributed by atoms with van der Waals surface area (Å²) in [6.45, 7) is 4.03. The van der Waals surface area contributed by atoms with E-state index in [0.717, 1.165) is 38.5 Å². The van der Waals surface area contributed by atoms with Crippen LogP contribution in [0.2, 0.25) is 0 Å². The van der Waals surface area contributed by atoms with Crippen LogP contribution in [0.5, 0.6) is 0 Å². The van der Waals surface area contributed by atoms with Crippen molar-refractivity contribution in [2.24, 2.45) is 0 Å². The van der Waals surface area contributed by atoms with Crippen molar-refractivity contribution in [3.8, 4) is 0 Å². The van der Waals surface area contributed by atoms with Crippen molar-refractivity contribution in [2.45, 2.75) is 103 Å². The first-order chi connectivity index (χ1) is 11.2. The molecule has 1 atom stereocenters. The summed E-state index contributed by atoms with van der Waals surface area (Å²) in [4.78, 5) is 11.2. The summed E-state index contributed by atoms with van der Waals surface area (Å²) in [6, 6.07) is 0. The number of aliphatic hydroxyl groups excluding tert-OH is 1. The van der Waals surface area contributed by atoms with Gasteiger partial charge in [-0.1, -0.05) is 64.0 Å². The van der Waals surface area contributed by atoms with E-state index in [1.54, 1.807) is 0 Å². The molecule has 3 heteroatoms. The molecule has 3 nitrogen and oxygen atoms in total. The van der Waals surface area contributed by atoms with Crippen molar-refractivity contribution in [3.05, 3.63) is 12.2 Å². The minimum absolute atomic E-state index is 0.0547. The molecule has 0 aromatic heterocycles. The zero-order chi connectivity index (χ0) is 17.2. The molecule has 0 heterocycles. The summed E-state index contributed by atoms with van der Waals surface area (Å²) in [6.07, 6.45) is 19.4. The summed E-state index contributed by atoms with van der Waals surface area (Å²) in [7, 11) is 0. The van der Waals surface area contributed by atoms with Gasteiger partial charge in [0.2, 0.25) is 0 Å². The molecule has 0 aliphatic heterocycles. The van der Waals surface area contributed by atoms with Gasteiger partial charge in [0.15, 0.2) is 0 Å². The third kappa shape index (κ3) is 17.4. The molecule has 0 saturated carbocycles. The highest BCUT2D eigenvalue weighted by Gasteiger charge is 2.09. The predicted molar refractivity (Wildman–Crippen MR) is 97.5 cm³/mol. The fraction of sp³-hybridized carbons (Fsp3) is 0.850. The average molecular weight is 327 g/mol. The molecule has 0 aliphatic carbocycles. The van der Waals surface area contributed by atoms with Crippen LogP contribution < -0.4 is 0 Å². The van der Waals surface area contributed by atoms with Crippen LogP contribution in [0.4, 0.5) is 0 Å². The minimum Gasteiger partial charge on any atom is -0.462 e. The first kappa shape index (κ1) is 22.2. The molecule has 0 aliphatic rings. The van der Waals surface area contributed by atoms with Gasteiger partial charge in [-0.25, -0.2) is 0 Å². The van der Waals surface area contributed by atoms with Crippen LogP contribution in [0.15, 0.2) is 12.2 Å². The van der Waals surface area contributed by atoms with Crippen LogP contribution in [0, 0.1) is 0 Å². The Morgan fingerprint density at radius 3 is 2.26 bits per heavy atom. The Hall–Kier alpha value is -0.830. The second kappa shape index (κ2) is 17.5. The van der Waals surface area contributed by atoms with E-state index >= 15 is 0 Å². The Kier molecular flexibility index (Phi) is 16.9. The van der Waals surface area contributed by atoms with E-state index in [0.29, 0.717) is 6.61 Å². The van der Waals surface area contributed by atoms with E-state index in [4.69, 9.17) is 9.84 Å². The fourth-order valence-corrected chi connectivity index (χ4v) is 2.71. The molecule has 0 bridgehead atoms. The van der Waals surface area contributed by atoms with Gasteiger partial charge < -0.3 is 9.84 Å². The van der Waals surface area contributed by atoms with Crippen molar-refractivity contribution in [2.75, 3.05) is 6.61 Å². The van der Waals surface area contributed by atoms with E-state index in [1.807, 2.05) is 0 Å². The topological polar surface area (TPSA) is 46.5 Å². The number of allylic oxidation sites excluding steroid dienone is 1. The number of ether oxygens (including phenoxy) is 1. The maximum atomic E-state index is 11.2. The molecule has 0 rings (SSSR count). The number of unbranched alkanes of at least 4 members (excludes halogenated alkanes) is 9. The largest absolute Gasteiger partial charge is 0.462 e. The van der Waals surface area contributed by atoms with Gasteiger partial charge in [-0.05, 0) is 32.1 Å². The highest BCUT2D eigenvalue weighted by Crippen LogP contribution is 2.13. The van der Waals surface area contributed by atoms with Crippen molar-refractivity contribution < 1.29 is 14.6 Å². The maximum absolute atomic E-state index is 11.2. The van der Waals surface area contributed by atoms with Gasteiger partial charge in [0.05, 0.1) is 0 Å². The second-order valence-electron chi connectivity index (χ2n) is 6.42. The average Bonchev–Trinajstić information content (AvgIpc) is 2.52. The van der Waals surface area contributed by atoms with Crippen LogP contribution >= 0.6 is 0 Å². The lowest BCUT2D eigenvalue weighted by molar-refractivity contribution is -0.146.